The molecule has 0 atom stereocenters. The van der Waals surface area contributed by atoms with Crippen molar-refractivity contribution >= 4 is 21.7 Å². The predicted octanol–water partition coefficient (Wildman–Crippen LogP) is 3.15. The predicted molar refractivity (Wildman–Crippen MR) is 66.0 cm³/mol. The summed E-state index contributed by atoms with van der Waals surface area (Å²) < 4.78 is 1.00. The highest BCUT2D eigenvalue weighted by Crippen LogP contribution is 2.13. The summed E-state index contributed by atoms with van der Waals surface area (Å²) in [5.41, 5.74) is 6.18. The molecule has 0 heterocycles. The van der Waals surface area contributed by atoms with Crippen molar-refractivity contribution in [2.24, 2.45) is 5.73 Å². The van der Waals surface area contributed by atoms with Gasteiger partial charge in [0, 0.05) is 16.5 Å². The summed E-state index contributed by atoms with van der Waals surface area (Å²) in [5.74, 6) is 0.222. The lowest BCUT2D eigenvalue weighted by atomic mass is 10.0. The van der Waals surface area contributed by atoms with Crippen molar-refractivity contribution in [2.45, 2.75) is 25.7 Å². The van der Waals surface area contributed by atoms with Crippen molar-refractivity contribution in [1.29, 1.82) is 0 Å². The second kappa shape index (κ2) is 6.75. The molecule has 1 aromatic rings. The third-order valence-electron chi connectivity index (χ3n) is 2.27. The average Bonchev–Trinajstić information content (AvgIpc) is 2.25. The largest absolute Gasteiger partial charge is 0.330 e. The van der Waals surface area contributed by atoms with Crippen molar-refractivity contribution in [2.75, 3.05) is 6.54 Å². The number of halogens is 1. The summed E-state index contributed by atoms with van der Waals surface area (Å²) in [6, 6.07) is 7.50. The Morgan fingerprint density at radius 2 is 1.80 bits per heavy atom. The van der Waals surface area contributed by atoms with Gasteiger partial charge in [0.1, 0.15) is 0 Å². The normalized spacial score (nSPS) is 10.3. The number of ketones is 1. The molecule has 0 bridgehead atoms. The Balaban J connectivity index is 2.37. The number of carbonyl (C=O) groups excluding carboxylic acids is 1. The van der Waals surface area contributed by atoms with E-state index < -0.39 is 0 Å². The van der Waals surface area contributed by atoms with Crippen LogP contribution in [0.1, 0.15) is 36.0 Å². The maximum absolute atomic E-state index is 11.7. The summed E-state index contributed by atoms with van der Waals surface area (Å²) >= 11 is 3.34. The molecule has 0 aliphatic carbocycles. The fraction of sp³-hybridized carbons (Fsp3) is 0.417. The second-order valence-corrected chi connectivity index (χ2v) is 4.45. The van der Waals surface area contributed by atoms with Gasteiger partial charge in [-0.1, -0.05) is 34.5 Å². The SMILES string of the molecule is NCCCCCC(=O)c1ccc(Br)cc1. The maximum atomic E-state index is 11.7. The number of nitrogens with two attached hydrogens (primary N) is 1. The number of unbranched alkanes of at least 4 members (excludes halogenated alkanes) is 2. The molecule has 0 radical (unpaired) electrons. The summed E-state index contributed by atoms with van der Waals surface area (Å²) in [4.78, 5) is 11.7. The highest BCUT2D eigenvalue weighted by atomic mass is 79.9. The van der Waals surface area contributed by atoms with Gasteiger partial charge in [0.2, 0.25) is 0 Å². The Hall–Kier alpha value is -0.670. The highest BCUT2D eigenvalue weighted by Gasteiger charge is 2.04. The van der Waals surface area contributed by atoms with Crippen molar-refractivity contribution in [3.05, 3.63) is 34.3 Å². The van der Waals surface area contributed by atoms with Gasteiger partial charge < -0.3 is 5.73 Å². The first-order valence-corrected chi connectivity index (χ1v) is 6.02. The molecule has 2 N–H and O–H groups in total. The fourth-order valence-electron chi connectivity index (χ4n) is 1.39. The number of hydrogen-bond acceptors (Lipinski definition) is 2. The number of benzene rings is 1. The molecular weight excluding hydrogens is 254 g/mol. The zero-order chi connectivity index (χ0) is 11.1. The minimum atomic E-state index is 0.222. The van der Waals surface area contributed by atoms with E-state index in [1.807, 2.05) is 24.3 Å². The molecule has 0 aliphatic rings. The zero-order valence-electron chi connectivity index (χ0n) is 8.71. The van der Waals surface area contributed by atoms with Gasteiger partial charge >= 0.3 is 0 Å². The van der Waals surface area contributed by atoms with Crippen LogP contribution in [0.2, 0.25) is 0 Å². The van der Waals surface area contributed by atoms with Gasteiger partial charge in [0.15, 0.2) is 5.78 Å². The quantitative estimate of drug-likeness (QED) is 0.637. The van der Waals surface area contributed by atoms with E-state index in [-0.39, 0.29) is 5.78 Å². The van der Waals surface area contributed by atoms with Crippen LogP contribution in [0.5, 0.6) is 0 Å². The molecule has 15 heavy (non-hydrogen) atoms. The van der Waals surface area contributed by atoms with E-state index in [0.717, 1.165) is 29.3 Å². The van der Waals surface area contributed by atoms with Gasteiger partial charge in [-0.3, -0.25) is 4.79 Å². The molecule has 0 spiro atoms. The van der Waals surface area contributed by atoms with E-state index in [9.17, 15) is 4.79 Å². The molecule has 1 rings (SSSR count). The number of hydrogen-bond donors (Lipinski definition) is 1. The van der Waals surface area contributed by atoms with Crippen LogP contribution in [0.15, 0.2) is 28.7 Å². The number of Topliss-reactive ketones (excluding diaryl/α,β-unsaturated/α-hetero) is 1. The van der Waals surface area contributed by atoms with Crippen LogP contribution in [0.4, 0.5) is 0 Å². The monoisotopic (exact) mass is 269 g/mol. The Bertz CT molecular complexity index is 308. The van der Waals surface area contributed by atoms with Gasteiger partial charge in [0.05, 0.1) is 0 Å². The minimum absolute atomic E-state index is 0.222. The Morgan fingerprint density at radius 1 is 1.13 bits per heavy atom. The molecule has 0 aromatic heterocycles. The summed E-state index contributed by atoms with van der Waals surface area (Å²) in [6.07, 6.45) is 3.61. The number of rotatable bonds is 6. The number of carbonyl (C=O) groups is 1. The Kier molecular flexibility index (Phi) is 5.58. The van der Waals surface area contributed by atoms with Gasteiger partial charge in [-0.15, -0.1) is 0 Å². The van der Waals surface area contributed by atoms with E-state index in [4.69, 9.17) is 5.73 Å². The van der Waals surface area contributed by atoms with E-state index in [2.05, 4.69) is 15.9 Å². The van der Waals surface area contributed by atoms with Gasteiger partial charge in [-0.05, 0) is 31.5 Å². The first kappa shape index (κ1) is 12.4. The molecule has 1 aromatic carbocycles. The molecule has 82 valence electrons. The molecular formula is C12H16BrNO. The van der Waals surface area contributed by atoms with Crippen LogP contribution in [-0.4, -0.2) is 12.3 Å². The van der Waals surface area contributed by atoms with Gasteiger partial charge in [0.25, 0.3) is 0 Å². The highest BCUT2D eigenvalue weighted by molar-refractivity contribution is 9.10. The van der Waals surface area contributed by atoms with Crippen LogP contribution in [0.25, 0.3) is 0 Å². The minimum Gasteiger partial charge on any atom is -0.330 e. The maximum Gasteiger partial charge on any atom is 0.162 e. The van der Waals surface area contributed by atoms with Crippen molar-refractivity contribution in [1.82, 2.24) is 0 Å². The third kappa shape index (κ3) is 4.58. The van der Waals surface area contributed by atoms with Crippen LogP contribution >= 0.6 is 15.9 Å². The first-order chi connectivity index (χ1) is 7.24. The van der Waals surface area contributed by atoms with Crippen LogP contribution in [0, 0.1) is 0 Å². The van der Waals surface area contributed by atoms with Crippen LogP contribution < -0.4 is 5.73 Å². The van der Waals surface area contributed by atoms with Gasteiger partial charge in [-0.25, -0.2) is 0 Å². The molecule has 0 unspecified atom stereocenters. The van der Waals surface area contributed by atoms with E-state index in [1.165, 1.54) is 0 Å². The molecule has 2 nitrogen and oxygen atoms in total. The van der Waals surface area contributed by atoms with Gasteiger partial charge in [-0.2, -0.15) is 0 Å². The van der Waals surface area contributed by atoms with Crippen LogP contribution in [-0.2, 0) is 0 Å². The molecule has 0 saturated heterocycles. The Morgan fingerprint density at radius 3 is 2.40 bits per heavy atom. The summed E-state index contributed by atoms with van der Waals surface area (Å²) in [6.45, 7) is 0.715. The molecule has 3 heteroatoms. The molecule has 0 fully saturated rings. The second-order valence-electron chi connectivity index (χ2n) is 3.53. The van der Waals surface area contributed by atoms with E-state index in [1.54, 1.807) is 0 Å². The lowest BCUT2D eigenvalue weighted by molar-refractivity contribution is 0.0979. The third-order valence-corrected chi connectivity index (χ3v) is 2.80. The molecule has 0 aliphatic heterocycles. The lowest BCUT2D eigenvalue weighted by Gasteiger charge is -2.01. The van der Waals surface area contributed by atoms with Crippen LogP contribution in [0.3, 0.4) is 0 Å². The summed E-state index contributed by atoms with van der Waals surface area (Å²) in [5, 5.41) is 0. The van der Waals surface area contributed by atoms with Crippen molar-refractivity contribution < 1.29 is 4.79 Å². The van der Waals surface area contributed by atoms with E-state index >= 15 is 0 Å². The topological polar surface area (TPSA) is 43.1 Å². The summed E-state index contributed by atoms with van der Waals surface area (Å²) in [7, 11) is 0. The Labute approximate surface area is 99.0 Å². The fourth-order valence-corrected chi connectivity index (χ4v) is 1.65. The standard InChI is InChI=1S/C12H16BrNO/c13-11-7-5-10(6-8-11)12(15)4-2-1-3-9-14/h5-8H,1-4,9,14H2. The molecule has 0 amide bonds. The van der Waals surface area contributed by atoms with E-state index in [0.29, 0.717) is 13.0 Å². The smallest absolute Gasteiger partial charge is 0.162 e. The average molecular weight is 270 g/mol. The zero-order valence-corrected chi connectivity index (χ0v) is 10.3. The first-order valence-electron chi connectivity index (χ1n) is 5.23. The molecule has 0 saturated carbocycles. The van der Waals surface area contributed by atoms with Crippen molar-refractivity contribution in [3.8, 4) is 0 Å². The van der Waals surface area contributed by atoms with Crippen molar-refractivity contribution in [3.63, 3.8) is 0 Å². The lowest BCUT2D eigenvalue weighted by Crippen LogP contribution is -2.01.